The van der Waals surface area contributed by atoms with Crippen molar-refractivity contribution in [1.29, 1.82) is 0 Å². The van der Waals surface area contributed by atoms with E-state index in [4.69, 9.17) is 9.16 Å². The van der Waals surface area contributed by atoms with E-state index in [9.17, 15) is 10.1 Å². The summed E-state index contributed by atoms with van der Waals surface area (Å²) in [6.45, 7) is 11.0. The van der Waals surface area contributed by atoms with Crippen molar-refractivity contribution in [1.82, 2.24) is 9.97 Å². The van der Waals surface area contributed by atoms with Crippen LogP contribution in [-0.2, 0) is 0 Å². The fourth-order valence-electron chi connectivity index (χ4n) is 2.45. The lowest BCUT2D eigenvalue weighted by Crippen LogP contribution is -2.43. The number of nitrogens with one attached hydrogen (secondary N) is 1. The van der Waals surface area contributed by atoms with E-state index >= 15 is 0 Å². The van der Waals surface area contributed by atoms with Crippen LogP contribution in [0.4, 0.5) is 17.2 Å². The maximum Gasteiger partial charge on any atom is 0.269 e. The number of ether oxygens (including phenoxy) is 1. The van der Waals surface area contributed by atoms with Crippen LogP contribution in [-0.4, -0.2) is 23.2 Å². The number of nitrogens with zero attached hydrogens (tertiary/aromatic N) is 3. The van der Waals surface area contributed by atoms with Crippen LogP contribution >= 0.6 is 0 Å². The van der Waals surface area contributed by atoms with Gasteiger partial charge in [-0.1, -0.05) is 26.8 Å². The first-order chi connectivity index (χ1) is 14.5. The van der Waals surface area contributed by atoms with Crippen molar-refractivity contribution >= 4 is 25.5 Å². The highest BCUT2D eigenvalue weighted by atomic mass is 28.4. The molecule has 0 aliphatic carbocycles. The molecule has 3 rings (SSSR count). The molecule has 0 amide bonds. The number of rotatable bonds is 7. The number of hydrogen-bond acceptors (Lipinski definition) is 7. The Balaban J connectivity index is 1.72. The molecule has 0 fully saturated rings. The van der Waals surface area contributed by atoms with Gasteiger partial charge in [-0.05, 0) is 42.4 Å². The van der Waals surface area contributed by atoms with E-state index in [-0.39, 0.29) is 10.7 Å². The van der Waals surface area contributed by atoms with Crippen LogP contribution in [0.25, 0.3) is 0 Å². The predicted octanol–water partition coefficient (Wildman–Crippen LogP) is 6.30. The molecule has 0 bridgehead atoms. The molecule has 0 aliphatic heterocycles. The second-order valence-electron chi connectivity index (χ2n) is 8.61. The Morgan fingerprint density at radius 3 is 2.35 bits per heavy atom. The molecule has 0 saturated carbocycles. The average Bonchev–Trinajstić information content (AvgIpc) is 2.68. The monoisotopic (exact) mass is 438 g/mol. The minimum absolute atomic E-state index is 0.00260. The van der Waals surface area contributed by atoms with Gasteiger partial charge in [0.2, 0.25) is 14.2 Å². The second-order valence-corrected chi connectivity index (χ2v) is 13.3. The lowest BCUT2D eigenvalue weighted by Gasteiger charge is -2.36. The van der Waals surface area contributed by atoms with Crippen molar-refractivity contribution in [2.45, 2.75) is 38.9 Å². The Hall–Kier alpha value is -3.46. The highest BCUT2D eigenvalue weighted by Gasteiger charge is 2.38. The first-order valence-electron chi connectivity index (χ1n) is 9.84. The summed E-state index contributed by atoms with van der Waals surface area (Å²) < 4.78 is 12.1. The summed E-state index contributed by atoms with van der Waals surface area (Å²) in [4.78, 5) is 18.6. The molecule has 0 spiro atoms. The Morgan fingerprint density at radius 2 is 1.71 bits per heavy atom. The van der Waals surface area contributed by atoms with Gasteiger partial charge in [-0.15, -0.1) is 0 Å². The minimum Gasteiger partial charge on any atom is -0.543 e. The molecular formula is C22H26N4O4Si. The minimum atomic E-state index is -1.94. The van der Waals surface area contributed by atoms with Gasteiger partial charge in [0.15, 0.2) is 0 Å². The number of non-ortho nitro benzene ring substituents is 1. The molecule has 0 unspecified atom stereocenters. The molecule has 1 aromatic heterocycles. The third-order valence-corrected chi connectivity index (χ3v) is 9.56. The number of nitro groups is 1. The quantitative estimate of drug-likeness (QED) is 0.262. The highest BCUT2D eigenvalue weighted by molar-refractivity contribution is 6.74. The number of nitro benzene ring substituents is 1. The third-order valence-electron chi connectivity index (χ3n) is 5.20. The van der Waals surface area contributed by atoms with Crippen LogP contribution in [0.1, 0.15) is 20.8 Å². The summed E-state index contributed by atoms with van der Waals surface area (Å²) >= 11 is 0. The standard InChI is InChI=1S/C22H26N4O4Si/c1-22(2,3)31(4,5)30-19-8-6-7-16(13-19)25-20-14-21(24-15-23-20)29-18-11-9-17(10-12-18)26(27)28/h6-15H,1-5H3,(H,23,24,25). The van der Waals surface area contributed by atoms with Gasteiger partial charge in [0.05, 0.1) is 4.92 Å². The van der Waals surface area contributed by atoms with E-state index in [1.165, 1.54) is 30.6 Å². The predicted molar refractivity (Wildman–Crippen MR) is 123 cm³/mol. The van der Waals surface area contributed by atoms with Crippen molar-refractivity contribution in [3.63, 3.8) is 0 Å². The van der Waals surface area contributed by atoms with Gasteiger partial charge in [-0.25, -0.2) is 9.97 Å². The van der Waals surface area contributed by atoms with Crippen LogP contribution < -0.4 is 14.5 Å². The number of hydrogen-bond donors (Lipinski definition) is 1. The molecule has 0 saturated heterocycles. The molecule has 162 valence electrons. The van der Waals surface area contributed by atoms with E-state index < -0.39 is 13.2 Å². The van der Waals surface area contributed by atoms with Gasteiger partial charge in [0.25, 0.3) is 5.69 Å². The van der Waals surface area contributed by atoms with Gasteiger partial charge in [0, 0.05) is 30.0 Å². The third kappa shape index (κ3) is 5.79. The Labute approximate surface area is 182 Å². The number of aromatic nitrogens is 2. The average molecular weight is 439 g/mol. The summed E-state index contributed by atoms with van der Waals surface area (Å²) in [7, 11) is -1.94. The van der Waals surface area contributed by atoms with E-state index in [1.54, 1.807) is 6.07 Å². The molecule has 2 aromatic carbocycles. The fraction of sp³-hybridized carbons (Fsp3) is 0.273. The van der Waals surface area contributed by atoms with Crippen LogP contribution in [0.3, 0.4) is 0 Å². The summed E-state index contributed by atoms with van der Waals surface area (Å²) in [6, 6.07) is 15.2. The maximum absolute atomic E-state index is 10.8. The van der Waals surface area contributed by atoms with E-state index in [0.717, 1.165) is 11.4 Å². The van der Waals surface area contributed by atoms with E-state index in [1.807, 2.05) is 24.3 Å². The van der Waals surface area contributed by atoms with Gasteiger partial charge < -0.3 is 14.5 Å². The molecule has 31 heavy (non-hydrogen) atoms. The van der Waals surface area contributed by atoms with Gasteiger partial charge in [-0.2, -0.15) is 0 Å². The molecule has 3 aromatic rings. The highest BCUT2D eigenvalue weighted by Crippen LogP contribution is 2.38. The largest absolute Gasteiger partial charge is 0.543 e. The Morgan fingerprint density at radius 1 is 1.00 bits per heavy atom. The maximum atomic E-state index is 10.8. The molecule has 0 radical (unpaired) electrons. The smallest absolute Gasteiger partial charge is 0.269 e. The summed E-state index contributed by atoms with van der Waals surface area (Å²) in [5.74, 6) is 2.13. The van der Waals surface area contributed by atoms with Crippen molar-refractivity contribution in [2.75, 3.05) is 5.32 Å². The van der Waals surface area contributed by atoms with Gasteiger partial charge in [-0.3, -0.25) is 10.1 Å². The second kappa shape index (κ2) is 8.72. The summed E-state index contributed by atoms with van der Waals surface area (Å²) in [5, 5.41) is 14.1. The molecule has 1 heterocycles. The van der Waals surface area contributed by atoms with Crippen molar-refractivity contribution < 1.29 is 14.1 Å². The van der Waals surface area contributed by atoms with Crippen LogP contribution in [0, 0.1) is 10.1 Å². The van der Waals surface area contributed by atoms with Crippen molar-refractivity contribution in [3.05, 3.63) is 71.0 Å². The molecule has 0 atom stereocenters. The van der Waals surface area contributed by atoms with Gasteiger partial charge in [0.1, 0.15) is 23.6 Å². The zero-order valence-electron chi connectivity index (χ0n) is 18.2. The zero-order chi connectivity index (χ0) is 22.6. The molecular weight excluding hydrogens is 412 g/mol. The normalized spacial score (nSPS) is 11.6. The summed E-state index contributed by atoms with van der Waals surface area (Å²) in [6.07, 6.45) is 1.39. The SMILES string of the molecule is CC(C)(C)[Si](C)(C)Oc1cccc(Nc2cc(Oc3ccc([N+](=O)[O-])cc3)ncn2)c1. The van der Waals surface area contributed by atoms with Crippen LogP contribution in [0.5, 0.6) is 17.4 Å². The van der Waals surface area contributed by atoms with Crippen molar-refractivity contribution in [2.24, 2.45) is 0 Å². The number of anilines is 2. The first kappa shape index (κ1) is 22.2. The molecule has 1 N–H and O–H groups in total. The molecule has 9 heteroatoms. The zero-order valence-corrected chi connectivity index (χ0v) is 19.2. The lowest BCUT2D eigenvalue weighted by atomic mass is 10.2. The number of benzene rings is 2. The van der Waals surface area contributed by atoms with Crippen molar-refractivity contribution in [3.8, 4) is 17.4 Å². The van der Waals surface area contributed by atoms with Crippen LogP contribution in [0.15, 0.2) is 60.9 Å². The van der Waals surface area contributed by atoms with Crippen LogP contribution in [0.2, 0.25) is 18.1 Å². The Bertz CT molecular complexity index is 1070. The first-order valence-corrected chi connectivity index (χ1v) is 12.7. The topological polar surface area (TPSA) is 99.4 Å². The molecule has 8 nitrogen and oxygen atoms in total. The fourth-order valence-corrected chi connectivity index (χ4v) is 3.48. The molecule has 0 aliphatic rings. The van der Waals surface area contributed by atoms with E-state index in [2.05, 4.69) is 49.1 Å². The summed E-state index contributed by atoms with van der Waals surface area (Å²) in [5.41, 5.74) is 0.827. The van der Waals surface area contributed by atoms with E-state index in [0.29, 0.717) is 17.4 Å². The Kier molecular flexibility index (Phi) is 6.26. The van der Waals surface area contributed by atoms with Gasteiger partial charge >= 0.3 is 0 Å². The lowest BCUT2D eigenvalue weighted by molar-refractivity contribution is -0.384.